The minimum absolute atomic E-state index is 0.00217. The number of benzene rings is 2. The molecule has 2 aromatic rings. The first-order valence-corrected chi connectivity index (χ1v) is 8.34. The van der Waals surface area contributed by atoms with Crippen LogP contribution in [-0.2, 0) is 11.2 Å². The lowest BCUT2D eigenvalue weighted by Gasteiger charge is -2.16. The van der Waals surface area contributed by atoms with E-state index in [2.05, 4.69) is 5.32 Å². The maximum Gasteiger partial charge on any atom is 0.258 e. The van der Waals surface area contributed by atoms with Gasteiger partial charge in [0.15, 0.2) is 18.1 Å². The van der Waals surface area contributed by atoms with E-state index in [1.165, 1.54) is 5.56 Å². The Morgan fingerprint density at radius 2 is 1.80 bits per heavy atom. The van der Waals surface area contributed by atoms with Crippen LogP contribution in [0.1, 0.15) is 29.2 Å². The molecule has 0 fully saturated rings. The summed E-state index contributed by atoms with van der Waals surface area (Å²) in [4.78, 5) is 12.2. The van der Waals surface area contributed by atoms with Crippen molar-refractivity contribution in [1.29, 1.82) is 0 Å². The lowest BCUT2D eigenvalue weighted by molar-refractivity contribution is -0.123. The fourth-order valence-corrected chi connectivity index (χ4v) is 3.10. The fraction of sp³-hybridized carbons (Fsp3) is 0.350. The average Bonchev–Trinajstić information content (AvgIpc) is 3.01. The monoisotopic (exact) mass is 341 g/mol. The Kier molecular flexibility index (Phi) is 5.12. The normalized spacial score (nSPS) is 15.4. The molecule has 0 saturated heterocycles. The van der Waals surface area contributed by atoms with Gasteiger partial charge in [-0.2, -0.15) is 0 Å². The molecule has 1 unspecified atom stereocenters. The molecule has 0 spiro atoms. The molecule has 1 N–H and O–H groups in total. The number of fused-ring (bicyclic) bond motifs is 1. The lowest BCUT2D eigenvalue weighted by Crippen LogP contribution is -2.31. The molecule has 3 rings (SSSR count). The van der Waals surface area contributed by atoms with E-state index in [4.69, 9.17) is 14.2 Å². The number of amides is 1. The molecule has 1 aliphatic rings. The van der Waals surface area contributed by atoms with E-state index < -0.39 is 0 Å². The average molecular weight is 341 g/mol. The van der Waals surface area contributed by atoms with Gasteiger partial charge in [-0.15, -0.1) is 0 Å². The highest BCUT2D eigenvalue weighted by atomic mass is 16.5. The minimum atomic E-state index is -0.131. The minimum Gasteiger partial charge on any atom is -0.493 e. The van der Waals surface area contributed by atoms with Crippen LogP contribution in [0.4, 0.5) is 0 Å². The van der Waals surface area contributed by atoms with Crippen molar-refractivity contribution in [3.8, 4) is 17.2 Å². The van der Waals surface area contributed by atoms with Crippen molar-refractivity contribution in [1.82, 2.24) is 5.32 Å². The molecule has 1 atom stereocenters. The van der Waals surface area contributed by atoms with Crippen molar-refractivity contribution in [2.75, 3.05) is 20.8 Å². The van der Waals surface area contributed by atoms with E-state index in [1.54, 1.807) is 14.2 Å². The zero-order valence-corrected chi connectivity index (χ0v) is 14.8. The highest BCUT2D eigenvalue weighted by molar-refractivity contribution is 5.78. The van der Waals surface area contributed by atoms with Crippen LogP contribution in [0, 0.1) is 6.92 Å². The summed E-state index contributed by atoms with van der Waals surface area (Å²) >= 11 is 0. The second-order valence-corrected chi connectivity index (χ2v) is 6.17. The Bertz CT molecular complexity index is 755. The molecule has 2 aromatic carbocycles. The molecule has 0 bridgehead atoms. The Balaban J connectivity index is 1.63. The van der Waals surface area contributed by atoms with Crippen LogP contribution < -0.4 is 19.5 Å². The number of methoxy groups -OCH3 is 2. The first kappa shape index (κ1) is 17.1. The van der Waals surface area contributed by atoms with Gasteiger partial charge < -0.3 is 19.5 Å². The summed E-state index contributed by atoms with van der Waals surface area (Å²) < 4.78 is 16.3. The van der Waals surface area contributed by atoms with Gasteiger partial charge in [0.2, 0.25) is 0 Å². The molecule has 1 amide bonds. The molecule has 25 heavy (non-hydrogen) atoms. The predicted molar refractivity (Wildman–Crippen MR) is 95.4 cm³/mol. The van der Waals surface area contributed by atoms with Gasteiger partial charge in [-0.25, -0.2) is 0 Å². The lowest BCUT2D eigenvalue weighted by atomic mass is 10.1. The quantitative estimate of drug-likeness (QED) is 0.877. The van der Waals surface area contributed by atoms with Crippen molar-refractivity contribution in [3.05, 3.63) is 53.1 Å². The number of carbonyl (C=O) groups excluding carboxylic acids is 1. The van der Waals surface area contributed by atoms with E-state index in [-0.39, 0.29) is 18.6 Å². The second kappa shape index (κ2) is 7.47. The van der Waals surface area contributed by atoms with Crippen LogP contribution in [0.3, 0.4) is 0 Å². The zero-order valence-electron chi connectivity index (χ0n) is 14.8. The fourth-order valence-electron chi connectivity index (χ4n) is 3.10. The van der Waals surface area contributed by atoms with Crippen LogP contribution >= 0.6 is 0 Å². The number of hydrogen-bond acceptors (Lipinski definition) is 4. The van der Waals surface area contributed by atoms with Crippen molar-refractivity contribution in [2.45, 2.75) is 25.8 Å². The third-order valence-corrected chi connectivity index (χ3v) is 4.45. The van der Waals surface area contributed by atoms with Crippen LogP contribution in [0.2, 0.25) is 0 Å². The van der Waals surface area contributed by atoms with Crippen LogP contribution in [0.25, 0.3) is 0 Å². The van der Waals surface area contributed by atoms with Gasteiger partial charge >= 0.3 is 0 Å². The summed E-state index contributed by atoms with van der Waals surface area (Å²) in [5, 5.41) is 3.05. The summed E-state index contributed by atoms with van der Waals surface area (Å²) in [5.74, 6) is 1.96. The molecule has 0 aliphatic heterocycles. The Morgan fingerprint density at radius 1 is 1.12 bits per heavy atom. The maximum atomic E-state index is 12.2. The van der Waals surface area contributed by atoms with Gasteiger partial charge in [0.1, 0.15) is 5.75 Å². The number of ether oxygens (including phenoxy) is 3. The smallest absolute Gasteiger partial charge is 0.258 e. The molecule has 0 heterocycles. The molecular weight excluding hydrogens is 318 g/mol. The van der Waals surface area contributed by atoms with Gasteiger partial charge in [-0.05, 0) is 55.2 Å². The van der Waals surface area contributed by atoms with Gasteiger partial charge in [-0.3, -0.25) is 4.79 Å². The summed E-state index contributed by atoms with van der Waals surface area (Å²) in [5.41, 5.74) is 3.42. The summed E-state index contributed by atoms with van der Waals surface area (Å²) in [6.45, 7) is 2.01. The number of rotatable bonds is 6. The third-order valence-electron chi connectivity index (χ3n) is 4.45. The van der Waals surface area contributed by atoms with Crippen molar-refractivity contribution in [2.24, 2.45) is 0 Å². The molecule has 5 heteroatoms. The molecule has 5 nitrogen and oxygen atoms in total. The van der Waals surface area contributed by atoms with E-state index >= 15 is 0 Å². The van der Waals surface area contributed by atoms with Gasteiger partial charge in [0, 0.05) is 0 Å². The highest BCUT2D eigenvalue weighted by Gasteiger charge is 2.26. The topological polar surface area (TPSA) is 56.8 Å². The van der Waals surface area contributed by atoms with Crippen LogP contribution in [0.5, 0.6) is 17.2 Å². The number of nitrogens with one attached hydrogen (secondary N) is 1. The van der Waals surface area contributed by atoms with E-state index in [0.717, 1.165) is 29.7 Å². The Morgan fingerprint density at radius 3 is 2.48 bits per heavy atom. The van der Waals surface area contributed by atoms with E-state index in [1.807, 2.05) is 43.3 Å². The van der Waals surface area contributed by atoms with Gasteiger partial charge in [-0.1, -0.05) is 17.7 Å². The van der Waals surface area contributed by atoms with Crippen LogP contribution in [-0.4, -0.2) is 26.7 Å². The second-order valence-electron chi connectivity index (χ2n) is 6.17. The third kappa shape index (κ3) is 3.87. The largest absolute Gasteiger partial charge is 0.493 e. The standard InChI is InChI=1S/C20H23NO4/c1-13-4-7-15(8-5-13)25-12-20(22)21-17-9-6-14-10-18(23-2)19(24-3)11-16(14)17/h4-5,7-8,10-11,17H,6,9,12H2,1-3H3,(H,21,22). The van der Waals surface area contributed by atoms with Crippen LogP contribution in [0.15, 0.2) is 36.4 Å². The Labute approximate surface area is 147 Å². The summed E-state index contributed by atoms with van der Waals surface area (Å²) in [7, 11) is 3.24. The molecule has 0 aromatic heterocycles. The van der Waals surface area contributed by atoms with Crippen molar-refractivity contribution < 1.29 is 19.0 Å². The Hall–Kier alpha value is -2.69. The summed E-state index contributed by atoms with van der Waals surface area (Å²) in [6.07, 6.45) is 1.77. The SMILES string of the molecule is COc1cc2c(cc1OC)C(NC(=O)COc1ccc(C)cc1)CC2. The van der Waals surface area contributed by atoms with E-state index in [9.17, 15) is 4.79 Å². The van der Waals surface area contributed by atoms with Crippen molar-refractivity contribution in [3.63, 3.8) is 0 Å². The van der Waals surface area contributed by atoms with E-state index in [0.29, 0.717) is 11.5 Å². The first-order chi connectivity index (χ1) is 12.1. The van der Waals surface area contributed by atoms with Crippen molar-refractivity contribution >= 4 is 5.91 Å². The molecule has 0 radical (unpaired) electrons. The molecular formula is C20H23NO4. The number of hydrogen-bond donors (Lipinski definition) is 1. The van der Waals surface area contributed by atoms with Gasteiger partial charge in [0.05, 0.1) is 20.3 Å². The number of carbonyl (C=O) groups is 1. The summed E-state index contributed by atoms with van der Waals surface area (Å²) in [6, 6.07) is 11.6. The maximum absolute atomic E-state index is 12.2. The molecule has 132 valence electrons. The molecule has 0 saturated carbocycles. The van der Waals surface area contributed by atoms with Gasteiger partial charge in [0.25, 0.3) is 5.91 Å². The molecule has 1 aliphatic carbocycles. The number of aryl methyl sites for hydroxylation is 2. The highest BCUT2D eigenvalue weighted by Crippen LogP contribution is 2.39. The predicted octanol–water partition coefficient (Wildman–Crippen LogP) is 3.19. The zero-order chi connectivity index (χ0) is 17.8. The first-order valence-electron chi connectivity index (χ1n) is 8.34.